The van der Waals surface area contributed by atoms with Gasteiger partial charge in [0, 0.05) is 10.2 Å². The normalized spacial score (nSPS) is 10.3. The van der Waals surface area contributed by atoms with Crippen molar-refractivity contribution in [1.82, 2.24) is 0 Å². The van der Waals surface area contributed by atoms with Crippen LogP contribution in [-0.4, -0.2) is 12.5 Å². The van der Waals surface area contributed by atoms with Crippen LogP contribution in [0.15, 0.2) is 46.9 Å². The van der Waals surface area contributed by atoms with Crippen LogP contribution in [0, 0.1) is 0 Å². The van der Waals surface area contributed by atoms with E-state index in [0.717, 1.165) is 28.7 Å². The van der Waals surface area contributed by atoms with Gasteiger partial charge in [0.1, 0.15) is 0 Å². The first-order chi connectivity index (χ1) is 10.7. The van der Waals surface area contributed by atoms with Crippen LogP contribution in [0.2, 0.25) is 0 Å². The summed E-state index contributed by atoms with van der Waals surface area (Å²) in [4.78, 5) is 12.1. The molecule has 0 spiro atoms. The molecule has 3 nitrogen and oxygen atoms in total. The van der Waals surface area contributed by atoms with Crippen molar-refractivity contribution in [3.05, 3.63) is 58.1 Å². The second kappa shape index (κ2) is 7.99. The molecule has 2 aromatic carbocycles. The van der Waals surface area contributed by atoms with E-state index < -0.39 is 0 Å². The number of benzene rings is 2. The SMILES string of the molecule is CCc1cccc(CC)c1NCC(=O)Nc1ccccc1Br. The summed E-state index contributed by atoms with van der Waals surface area (Å²) in [5, 5.41) is 6.20. The van der Waals surface area contributed by atoms with E-state index in [9.17, 15) is 4.79 Å². The highest BCUT2D eigenvalue weighted by molar-refractivity contribution is 9.10. The van der Waals surface area contributed by atoms with Crippen LogP contribution in [0.25, 0.3) is 0 Å². The number of amides is 1. The first kappa shape index (κ1) is 16.6. The monoisotopic (exact) mass is 360 g/mol. The molecule has 0 aliphatic heterocycles. The molecule has 0 saturated heterocycles. The van der Waals surface area contributed by atoms with Gasteiger partial charge in [0.05, 0.1) is 12.2 Å². The highest BCUT2D eigenvalue weighted by Gasteiger charge is 2.09. The van der Waals surface area contributed by atoms with E-state index in [4.69, 9.17) is 0 Å². The molecule has 0 aliphatic carbocycles. The Labute approximate surface area is 140 Å². The van der Waals surface area contributed by atoms with Crippen molar-refractivity contribution in [2.45, 2.75) is 26.7 Å². The van der Waals surface area contributed by atoms with E-state index in [2.05, 4.69) is 58.6 Å². The Bertz CT molecular complexity index is 633. The Balaban J connectivity index is 2.04. The molecular formula is C18H21BrN2O. The predicted molar refractivity (Wildman–Crippen MR) is 96.5 cm³/mol. The third-order valence-electron chi connectivity index (χ3n) is 3.57. The zero-order valence-corrected chi connectivity index (χ0v) is 14.5. The van der Waals surface area contributed by atoms with E-state index in [1.54, 1.807) is 0 Å². The van der Waals surface area contributed by atoms with Gasteiger partial charge >= 0.3 is 0 Å². The van der Waals surface area contributed by atoms with Crippen LogP contribution in [0.1, 0.15) is 25.0 Å². The Morgan fingerprint density at radius 2 is 1.64 bits per heavy atom. The fraction of sp³-hybridized carbons (Fsp3) is 0.278. The molecule has 2 rings (SSSR count). The van der Waals surface area contributed by atoms with E-state index in [1.165, 1.54) is 11.1 Å². The molecule has 2 N–H and O–H groups in total. The average molecular weight is 361 g/mol. The van der Waals surface area contributed by atoms with Crippen LogP contribution < -0.4 is 10.6 Å². The fourth-order valence-electron chi connectivity index (χ4n) is 2.40. The number of hydrogen-bond acceptors (Lipinski definition) is 2. The number of rotatable bonds is 6. The van der Waals surface area contributed by atoms with Gasteiger partial charge in [-0.3, -0.25) is 4.79 Å². The molecule has 0 aliphatic rings. The summed E-state index contributed by atoms with van der Waals surface area (Å²) < 4.78 is 0.881. The second-order valence-corrected chi connectivity index (χ2v) is 5.89. The zero-order chi connectivity index (χ0) is 15.9. The van der Waals surface area contributed by atoms with E-state index in [-0.39, 0.29) is 12.5 Å². The quantitative estimate of drug-likeness (QED) is 0.788. The zero-order valence-electron chi connectivity index (χ0n) is 12.9. The Hall–Kier alpha value is -1.81. The van der Waals surface area contributed by atoms with Crippen molar-refractivity contribution in [1.29, 1.82) is 0 Å². The molecule has 0 bridgehead atoms. The minimum atomic E-state index is -0.0557. The van der Waals surface area contributed by atoms with Crippen molar-refractivity contribution in [3.63, 3.8) is 0 Å². The number of anilines is 2. The lowest BCUT2D eigenvalue weighted by molar-refractivity contribution is -0.114. The number of aryl methyl sites for hydroxylation is 2. The predicted octanol–water partition coefficient (Wildman–Crippen LogP) is 4.62. The topological polar surface area (TPSA) is 41.1 Å². The largest absolute Gasteiger partial charge is 0.376 e. The molecule has 2 aromatic rings. The number of nitrogens with one attached hydrogen (secondary N) is 2. The molecule has 1 amide bonds. The first-order valence-electron chi connectivity index (χ1n) is 7.54. The fourth-order valence-corrected chi connectivity index (χ4v) is 2.78. The van der Waals surface area contributed by atoms with Gasteiger partial charge in [-0.2, -0.15) is 0 Å². The van der Waals surface area contributed by atoms with Crippen molar-refractivity contribution in [2.24, 2.45) is 0 Å². The van der Waals surface area contributed by atoms with Gasteiger partial charge in [-0.25, -0.2) is 0 Å². The van der Waals surface area contributed by atoms with Gasteiger partial charge in [-0.05, 0) is 52.0 Å². The standard InChI is InChI=1S/C18H21BrN2O/c1-3-13-8-7-9-14(4-2)18(13)20-12-17(22)21-16-11-6-5-10-15(16)19/h5-11,20H,3-4,12H2,1-2H3,(H,21,22). The minimum absolute atomic E-state index is 0.0557. The van der Waals surface area contributed by atoms with E-state index >= 15 is 0 Å². The Morgan fingerprint density at radius 3 is 2.23 bits per heavy atom. The summed E-state index contributed by atoms with van der Waals surface area (Å²) in [6.07, 6.45) is 1.89. The molecule has 0 fully saturated rings. The maximum atomic E-state index is 12.1. The molecular weight excluding hydrogens is 340 g/mol. The average Bonchev–Trinajstić information content (AvgIpc) is 2.54. The third kappa shape index (κ3) is 4.10. The summed E-state index contributed by atoms with van der Waals surface area (Å²) in [6.45, 7) is 4.51. The Morgan fingerprint density at radius 1 is 1.00 bits per heavy atom. The van der Waals surface area contributed by atoms with Gasteiger partial charge in [0.2, 0.25) is 5.91 Å². The molecule has 0 saturated carbocycles. The van der Waals surface area contributed by atoms with Gasteiger partial charge in [-0.1, -0.05) is 44.2 Å². The van der Waals surface area contributed by atoms with Crippen molar-refractivity contribution >= 4 is 33.2 Å². The molecule has 116 valence electrons. The van der Waals surface area contributed by atoms with Crippen LogP contribution in [0.4, 0.5) is 11.4 Å². The third-order valence-corrected chi connectivity index (χ3v) is 4.26. The number of para-hydroxylation sites is 2. The summed E-state index contributed by atoms with van der Waals surface area (Å²) in [7, 11) is 0. The maximum absolute atomic E-state index is 12.1. The molecule has 0 unspecified atom stereocenters. The second-order valence-electron chi connectivity index (χ2n) is 5.04. The molecule has 0 atom stereocenters. The van der Waals surface area contributed by atoms with Crippen LogP contribution >= 0.6 is 15.9 Å². The minimum Gasteiger partial charge on any atom is -0.376 e. The lowest BCUT2D eigenvalue weighted by Gasteiger charge is -2.15. The van der Waals surface area contributed by atoms with Gasteiger partial charge in [0.15, 0.2) is 0 Å². The summed E-state index contributed by atoms with van der Waals surface area (Å²) in [5.41, 5.74) is 4.37. The van der Waals surface area contributed by atoms with Crippen molar-refractivity contribution < 1.29 is 4.79 Å². The van der Waals surface area contributed by atoms with E-state index in [0.29, 0.717) is 0 Å². The highest BCUT2D eigenvalue weighted by Crippen LogP contribution is 2.23. The maximum Gasteiger partial charge on any atom is 0.243 e. The molecule has 22 heavy (non-hydrogen) atoms. The molecule has 4 heteroatoms. The summed E-state index contributed by atoms with van der Waals surface area (Å²) >= 11 is 3.43. The molecule has 0 aromatic heterocycles. The van der Waals surface area contributed by atoms with Gasteiger partial charge < -0.3 is 10.6 Å². The molecule has 0 radical (unpaired) electrons. The Kier molecular flexibility index (Phi) is 6.01. The van der Waals surface area contributed by atoms with Crippen LogP contribution in [-0.2, 0) is 17.6 Å². The highest BCUT2D eigenvalue weighted by atomic mass is 79.9. The number of halogens is 1. The first-order valence-corrected chi connectivity index (χ1v) is 8.34. The number of hydrogen-bond donors (Lipinski definition) is 2. The lowest BCUT2D eigenvalue weighted by atomic mass is 10.0. The van der Waals surface area contributed by atoms with Gasteiger partial charge in [0.25, 0.3) is 0 Å². The lowest BCUT2D eigenvalue weighted by Crippen LogP contribution is -2.23. The van der Waals surface area contributed by atoms with Gasteiger partial charge in [-0.15, -0.1) is 0 Å². The summed E-state index contributed by atoms with van der Waals surface area (Å²) in [6, 6.07) is 13.9. The van der Waals surface area contributed by atoms with Crippen LogP contribution in [0.3, 0.4) is 0 Å². The van der Waals surface area contributed by atoms with Crippen LogP contribution in [0.5, 0.6) is 0 Å². The van der Waals surface area contributed by atoms with Crippen molar-refractivity contribution in [2.75, 3.05) is 17.2 Å². The number of carbonyl (C=O) groups is 1. The van der Waals surface area contributed by atoms with Crippen molar-refractivity contribution in [3.8, 4) is 0 Å². The smallest absolute Gasteiger partial charge is 0.243 e. The summed E-state index contributed by atoms with van der Waals surface area (Å²) in [5.74, 6) is -0.0557. The molecule has 0 heterocycles. The number of carbonyl (C=O) groups excluding carboxylic acids is 1. The van der Waals surface area contributed by atoms with E-state index in [1.807, 2.05) is 24.3 Å².